The predicted molar refractivity (Wildman–Crippen MR) is 75.1 cm³/mol. The van der Waals surface area contributed by atoms with Gasteiger partial charge in [-0.2, -0.15) is 9.57 Å². The second-order valence-electron chi connectivity index (χ2n) is 5.26. The van der Waals surface area contributed by atoms with E-state index in [0.29, 0.717) is 24.1 Å². The molecule has 5 nitrogen and oxygen atoms in total. The van der Waals surface area contributed by atoms with Crippen LogP contribution in [-0.2, 0) is 15.8 Å². The molecule has 20 heavy (non-hydrogen) atoms. The number of aliphatic hydroxyl groups is 1. The van der Waals surface area contributed by atoms with Crippen molar-refractivity contribution < 1.29 is 13.5 Å². The molecule has 1 aliphatic rings. The van der Waals surface area contributed by atoms with Gasteiger partial charge in [-0.15, -0.1) is 0 Å². The molecule has 0 bridgehead atoms. The standard InChI is InChI=1S/C14H18N2O3S/c1-11-6-7-16(9-14(11)17)20(18,19)10-13-4-2-12(8-15)3-5-13/h2-5,11,14,17H,6-7,9-10H2,1H3. The first-order valence-corrected chi connectivity index (χ1v) is 8.18. The highest BCUT2D eigenvalue weighted by Crippen LogP contribution is 2.21. The fraction of sp³-hybridized carbons (Fsp3) is 0.500. The van der Waals surface area contributed by atoms with Crippen LogP contribution in [0.15, 0.2) is 24.3 Å². The minimum atomic E-state index is -3.42. The Hall–Kier alpha value is -1.42. The van der Waals surface area contributed by atoms with Crippen LogP contribution in [0, 0.1) is 17.2 Å². The second-order valence-corrected chi connectivity index (χ2v) is 7.23. The van der Waals surface area contributed by atoms with Crippen molar-refractivity contribution in [1.82, 2.24) is 4.31 Å². The van der Waals surface area contributed by atoms with Gasteiger partial charge in [-0.25, -0.2) is 8.42 Å². The van der Waals surface area contributed by atoms with Gasteiger partial charge in [-0.1, -0.05) is 19.1 Å². The lowest BCUT2D eigenvalue weighted by molar-refractivity contribution is 0.0604. The fourth-order valence-electron chi connectivity index (χ4n) is 2.25. The minimum absolute atomic E-state index is 0.0974. The van der Waals surface area contributed by atoms with Gasteiger partial charge in [-0.05, 0) is 30.0 Å². The Morgan fingerprint density at radius 3 is 2.60 bits per heavy atom. The number of piperidine rings is 1. The zero-order chi connectivity index (χ0) is 14.8. The largest absolute Gasteiger partial charge is 0.391 e. The quantitative estimate of drug-likeness (QED) is 0.905. The maximum absolute atomic E-state index is 12.3. The third-order valence-electron chi connectivity index (χ3n) is 3.71. The van der Waals surface area contributed by atoms with Crippen molar-refractivity contribution in [2.24, 2.45) is 5.92 Å². The second kappa shape index (κ2) is 5.92. The monoisotopic (exact) mass is 294 g/mol. The molecule has 1 aliphatic heterocycles. The molecule has 2 atom stereocenters. The topological polar surface area (TPSA) is 81.4 Å². The van der Waals surface area contributed by atoms with Gasteiger partial charge >= 0.3 is 0 Å². The van der Waals surface area contributed by atoms with Crippen molar-refractivity contribution in [2.45, 2.75) is 25.2 Å². The van der Waals surface area contributed by atoms with Gasteiger partial charge < -0.3 is 5.11 Å². The Bertz CT molecular complexity index is 604. The van der Waals surface area contributed by atoms with Crippen LogP contribution in [-0.4, -0.2) is 37.0 Å². The summed E-state index contributed by atoms with van der Waals surface area (Å²) in [4.78, 5) is 0. The molecule has 2 unspecified atom stereocenters. The van der Waals surface area contributed by atoms with Crippen LogP contribution in [0.25, 0.3) is 0 Å². The van der Waals surface area contributed by atoms with Crippen molar-refractivity contribution in [3.8, 4) is 6.07 Å². The summed E-state index contributed by atoms with van der Waals surface area (Å²) in [6.07, 6.45) is 0.0767. The summed E-state index contributed by atoms with van der Waals surface area (Å²) in [5.74, 6) is 0.0381. The van der Waals surface area contributed by atoms with Crippen LogP contribution in [0.4, 0.5) is 0 Å². The highest BCUT2D eigenvalue weighted by Gasteiger charge is 2.31. The third-order valence-corrected chi connectivity index (χ3v) is 5.52. The molecule has 0 radical (unpaired) electrons. The van der Waals surface area contributed by atoms with E-state index in [0.717, 1.165) is 0 Å². The molecule has 1 fully saturated rings. The van der Waals surface area contributed by atoms with Crippen molar-refractivity contribution in [3.63, 3.8) is 0 Å². The van der Waals surface area contributed by atoms with Crippen molar-refractivity contribution in [3.05, 3.63) is 35.4 Å². The van der Waals surface area contributed by atoms with Gasteiger partial charge in [0.25, 0.3) is 0 Å². The summed E-state index contributed by atoms with van der Waals surface area (Å²) < 4.78 is 26.0. The van der Waals surface area contributed by atoms with E-state index < -0.39 is 16.1 Å². The van der Waals surface area contributed by atoms with Crippen LogP contribution in [0.2, 0.25) is 0 Å². The van der Waals surface area contributed by atoms with E-state index in [1.807, 2.05) is 13.0 Å². The third kappa shape index (κ3) is 3.37. The first-order chi connectivity index (χ1) is 9.42. The van der Waals surface area contributed by atoms with Gasteiger partial charge in [0.2, 0.25) is 10.0 Å². The number of nitriles is 1. The van der Waals surface area contributed by atoms with Crippen molar-refractivity contribution in [1.29, 1.82) is 5.26 Å². The average molecular weight is 294 g/mol. The smallest absolute Gasteiger partial charge is 0.218 e. The molecule has 0 spiro atoms. The van der Waals surface area contributed by atoms with Crippen LogP contribution >= 0.6 is 0 Å². The highest BCUT2D eigenvalue weighted by molar-refractivity contribution is 7.88. The molecule has 2 rings (SSSR count). The number of rotatable bonds is 3. The molecule has 1 heterocycles. The lowest BCUT2D eigenvalue weighted by Gasteiger charge is -2.33. The Morgan fingerprint density at radius 1 is 1.40 bits per heavy atom. The number of hydrogen-bond donors (Lipinski definition) is 1. The summed E-state index contributed by atoms with van der Waals surface area (Å²) >= 11 is 0. The van der Waals surface area contributed by atoms with Crippen LogP contribution in [0.1, 0.15) is 24.5 Å². The van der Waals surface area contributed by atoms with E-state index in [2.05, 4.69) is 0 Å². The molecule has 108 valence electrons. The van der Waals surface area contributed by atoms with Gasteiger partial charge in [0.05, 0.1) is 23.5 Å². The molecule has 0 amide bonds. The molecular weight excluding hydrogens is 276 g/mol. The SMILES string of the molecule is CC1CCN(S(=O)(=O)Cc2ccc(C#N)cc2)CC1O. The van der Waals surface area contributed by atoms with Gasteiger partial charge in [0.1, 0.15) is 0 Å². The lowest BCUT2D eigenvalue weighted by atomic mass is 9.98. The minimum Gasteiger partial charge on any atom is -0.391 e. The lowest BCUT2D eigenvalue weighted by Crippen LogP contribution is -2.46. The van der Waals surface area contributed by atoms with Gasteiger partial charge in [0.15, 0.2) is 0 Å². The van der Waals surface area contributed by atoms with Crippen molar-refractivity contribution >= 4 is 10.0 Å². The highest BCUT2D eigenvalue weighted by atomic mass is 32.2. The summed E-state index contributed by atoms with van der Waals surface area (Å²) in [6, 6.07) is 8.52. The Kier molecular flexibility index (Phi) is 4.43. The number of hydrogen-bond acceptors (Lipinski definition) is 4. The molecule has 0 aliphatic carbocycles. The van der Waals surface area contributed by atoms with Gasteiger partial charge in [0, 0.05) is 13.1 Å². The molecule has 1 saturated heterocycles. The normalized spacial score (nSPS) is 24.2. The first kappa shape index (κ1) is 15.0. The molecule has 0 aromatic heterocycles. The van der Waals surface area contributed by atoms with Crippen LogP contribution < -0.4 is 0 Å². The van der Waals surface area contributed by atoms with Gasteiger partial charge in [-0.3, -0.25) is 0 Å². The van der Waals surface area contributed by atoms with E-state index in [1.54, 1.807) is 24.3 Å². The zero-order valence-electron chi connectivity index (χ0n) is 11.4. The maximum atomic E-state index is 12.3. The van der Waals surface area contributed by atoms with E-state index >= 15 is 0 Å². The maximum Gasteiger partial charge on any atom is 0.218 e. The number of β-amino-alcohol motifs (C(OH)–C–C–N with tert-alkyl or cyclic N) is 1. The Labute approximate surface area is 119 Å². The molecule has 1 aromatic rings. The van der Waals surface area contributed by atoms with Crippen LogP contribution in [0.3, 0.4) is 0 Å². The average Bonchev–Trinajstić information content (AvgIpc) is 2.42. The number of aliphatic hydroxyl groups excluding tert-OH is 1. The number of sulfonamides is 1. The summed E-state index contributed by atoms with van der Waals surface area (Å²) in [5.41, 5.74) is 1.16. The van der Waals surface area contributed by atoms with E-state index in [-0.39, 0.29) is 18.2 Å². The molecular formula is C14H18N2O3S. The molecule has 0 saturated carbocycles. The summed E-state index contributed by atoms with van der Waals surface area (Å²) in [5, 5.41) is 18.5. The van der Waals surface area contributed by atoms with E-state index in [9.17, 15) is 13.5 Å². The van der Waals surface area contributed by atoms with Crippen LogP contribution in [0.5, 0.6) is 0 Å². The zero-order valence-corrected chi connectivity index (χ0v) is 12.2. The summed E-state index contributed by atoms with van der Waals surface area (Å²) in [6.45, 7) is 2.55. The van der Waals surface area contributed by atoms with Crippen molar-refractivity contribution in [2.75, 3.05) is 13.1 Å². The Morgan fingerprint density at radius 2 is 2.05 bits per heavy atom. The Balaban J connectivity index is 2.09. The number of nitrogens with zero attached hydrogens (tertiary/aromatic N) is 2. The molecule has 1 aromatic carbocycles. The first-order valence-electron chi connectivity index (χ1n) is 6.57. The van der Waals surface area contributed by atoms with E-state index in [1.165, 1.54) is 4.31 Å². The fourth-order valence-corrected chi connectivity index (χ4v) is 3.81. The molecule has 6 heteroatoms. The number of benzene rings is 1. The summed E-state index contributed by atoms with van der Waals surface area (Å²) in [7, 11) is -3.42. The predicted octanol–water partition coefficient (Wildman–Crippen LogP) is 1.09. The van der Waals surface area contributed by atoms with E-state index in [4.69, 9.17) is 5.26 Å². The molecule has 1 N–H and O–H groups in total.